The average molecular weight is 325 g/mol. The molecule has 0 bridgehead atoms. The number of pyridine rings is 1. The summed E-state index contributed by atoms with van der Waals surface area (Å²) >= 11 is 1.64. The summed E-state index contributed by atoms with van der Waals surface area (Å²) in [6.45, 7) is 2.85. The molecule has 0 spiro atoms. The standard InChI is InChI=1S/C17H19N5S/c1-2-6-18-16(5-1)21-8-3-4-14(10-21)17-19-7-9-22(17)11-15-12-23-13-20-15/h1-2,5-7,9,12-14H,3-4,8,10-11H2. The van der Waals surface area contributed by atoms with Gasteiger partial charge in [-0.25, -0.2) is 15.0 Å². The molecule has 1 fully saturated rings. The van der Waals surface area contributed by atoms with Gasteiger partial charge in [-0.1, -0.05) is 6.07 Å². The van der Waals surface area contributed by atoms with Crippen LogP contribution in [0.4, 0.5) is 5.82 Å². The molecule has 0 radical (unpaired) electrons. The molecule has 4 rings (SSSR count). The lowest BCUT2D eigenvalue weighted by atomic mass is 9.97. The van der Waals surface area contributed by atoms with Crippen molar-refractivity contribution in [3.05, 3.63) is 59.2 Å². The summed E-state index contributed by atoms with van der Waals surface area (Å²) in [6, 6.07) is 6.10. The fraction of sp³-hybridized carbons (Fsp3) is 0.353. The van der Waals surface area contributed by atoms with Gasteiger partial charge < -0.3 is 9.47 Å². The smallest absolute Gasteiger partial charge is 0.128 e. The highest BCUT2D eigenvalue weighted by Gasteiger charge is 2.25. The fourth-order valence-corrected chi connectivity index (χ4v) is 3.79. The zero-order valence-corrected chi connectivity index (χ0v) is 13.7. The number of nitrogens with zero attached hydrogens (tertiary/aromatic N) is 5. The predicted molar refractivity (Wildman–Crippen MR) is 91.9 cm³/mol. The van der Waals surface area contributed by atoms with E-state index in [4.69, 9.17) is 0 Å². The van der Waals surface area contributed by atoms with Crippen LogP contribution in [0.2, 0.25) is 0 Å². The van der Waals surface area contributed by atoms with Gasteiger partial charge in [-0.2, -0.15) is 0 Å². The number of imidazole rings is 1. The van der Waals surface area contributed by atoms with Crippen LogP contribution in [0.3, 0.4) is 0 Å². The van der Waals surface area contributed by atoms with Crippen LogP contribution in [-0.2, 0) is 6.54 Å². The van der Waals surface area contributed by atoms with Crippen LogP contribution < -0.4 is 4.90 Å². The molecule has 0 aromatic carbocycles. The van der Waals surface area contributed by atoms with E-state index < -0.39 is 0 Å². The molecule has 1 aliphatic rings. The number of anilines is 1. The van der Waals surface area contributed by atoms with Crippen molar-refractivity contribution in [2.75, 3.05) is 18.0 Å². The van der Waals surface area contributed by atoms with Crippen molar-refractivity contribution in [1.82, 2.24) is 19.5 Å². The lowest BCUT2D eigenvalue weighted by Crippen LogP contribution is -2.35. The van der Waals surface area contributed by atoms with Crippen molar-refractivity contribution >= 4 is 17.2 Å². The Kier molecular flexibility index (Phi) is 4.06. The Bertz CT molecular complexity index is 737. The summed E-state index contributed by atoms with van der Waals surface area (Å²) < 4.78 is 2.24. The van der Waals surface area contributed by atoms with Gasteiger partial charge >= 0.3 is 0 Å². The molecule has 1 saturated heterocycles. The molecule has 1 atom stereocenters. The van der Waals surface area contributed by atoms with Crippen LogP contribution >= 0.6 is 11.3 Å². The Morgan fingerprint density at radius 2 is 2.17 bits per heavy atom. The summed E-state index contributed by atoms with van der Waals surface area (Å²) in [5.74, 6) is 2.67. The molecule has 1 unspecified atom stereocenters. The first-order valence-electron chi connectivity index (χ1n) is 7.94. The van der Waals surface area contributed by atoms with Gasteiger partial charge in [-0.3, -0.25) is 0 Å². The predicted octanol–water partition coefficient (Wildman–Crippen LogP) is 3.17. The zero-order valence-electron chi connectivity index (χ0n) is 12.9. The number of piperidine rings is 1. The molecule has 3 aromatic rings. The maximum atomic E-state index is 4.64. The van der Waals surface area contributed by atoms with E-state index in [1.165, 1.54) is 18.7 Å². The average Bonchev–Trinajstić information content (AvgIpc) is 3.28. The Morgan fingerprint density at radius 1 is 1.17 bits per heavy atom. The quantitative estimate of drug-likeness (QED) is 0.739. The SMILES string of the molecule is c1ccc(N2CCCC(c3nccn3Cc3cscn3)C2)nc1. The molecular weight excluding hydrogens is 306 g/mol. The van der Waals surface area contributed by atoms with Crippen LogP contribution in [0.1, 0.15) is 30.3 Å². The molecule has 0 N–H and O–H groups in total. The van der Waals surface area contributed by atoms with Crippen LogP contribution in [0, 0.1) is 0 Å². The number of thiazole rings is 1. The van der Waals surface area contributed by atoms with Gasteiger partial charge in [0.25, 0.3) is 0 Å². The van der Waals surface area contributed by atoms with Crippen molar-refractivity contribution in [1.29, 1.82) is 0 Å². The van der Waals surface area contributed by atoms with E-state index in [1.807, 2.05) is 24.0 Å². The zero-order chi connectivity index (χ0) is 15.5. The van der Waals surface area contributed by atoms with Crippen molar-refractivity contribution < 1.29 is 0 Å². The van der Waals surface area contributed by atoms with Crippen molar-refractivity contribution in [2.24, 2.45) is 0 Å². The summed E-state index contributed by atoms with van der Waals surface area (Å²) in [5, 5.41) is 2.10. The largest absolute Gasteiger partial charge is 0.356 e. The Balaban J connectivity index is 1.53. The van der Waals surface area contributed by atoms with Gasteiger partial charge in [0.15, 0.2) is 0 Å². The first-order chi connectivity index (χ1) is 11.4. The number of aromatic nitrogens is 4. The van der Waals surface area contributed by atoms with Crippen LogP contribution in [0.15, 0.2) is 47.7 Å². The maximum Gasteiger partial charge on any atom is 0.128 e. The van der Waals surface area contributed by atoms with Gasteiger partial charge in [-0.15, -0.1) is 11.3 Å². The van der Waals surface area contributed by atoms with Crippen molar-refractivity contribution in [3.8, 4) is 0 Å². The summed E-state index contributed by atoms with van der Waals surface area (Å²) in [5.41, 5.74) is 2.99. The van der Waals surface area contributed by atoms with Crippen LogP contribution in [0.25, 0.3) is 0 Å². The van der Waals surface area contributed by atoms with E-state index in [0.717, 1.165) is 31.1 Å². The minimum atomic E-state index is 0.444. The second-order valence-corrected chi connectivity index (χ2v) is 6.58. The first-order valence-corrected chi connectivity index (χ1v) is 8.88. The van der Waals surface area contributed by atoms with Crippen molar-refractivity contribution in [2.45, 2.75) is 25.3 Å². The lowest BCUT2D eigenvalue weighted by Gasteiger charge is -2.33. The fourth-order valence-electron chi connectivity index (χ4n) is 3.24. The summed E-state index contributed by atoms with van der Waals surface area (Å²) in [7, 11) is 0. The number of rotatable bonds is 4. The van der Waals surface area contributed by atoms with Gasteiger partial charge in [-0.05, 0) is 25.0 Å². The van der Waals surface area contributed by atoms with Gasteiger partial charge in [0, 0.05) is 43.0 Å². The van der Waals surface area contributed by atoms with Crippen LogP contribution in [-0.4, -0.2) is 32.6 Å². The second-order valence-electron chi connectivity index (χ2n) is 5.87. The molecule has 118 valence electrons. The lowest BCUT2D eigenvalue weighted by molar-refractivity contribution is 0.473. The third-order valence-electron chi connectivity index (χ3n) is 4.32. The van der Waals surface area contributed by atoms with Gasteiger partial charge in [0.1, 0.15) is 11.6 Å². The highest BCUT2D eigenvalue weighted by Crippen LogP contribution is 2.28. The molecule has 0 saturated carbocycles. The topological polar surface area (TPSA) is 46.8 Å². The molecule has 6 heteroatoms. The Hall–Kier alpha value is -2.21. The number of hydrogen-bond acceptors (Lipinski definition) is 5. The molecule has 0 amide bonds. The molecule has 1 aliphatic heterocycles. The van der Waals surface area contributed by atoms with E-state index in [9.17, 15) is 0 Å². The monoisotopic (exact) mass is 325 g/mol. The van der Waals surface area contributed by atoms with Crippen LogP contribution in [0.5, 0.6) is 0 Å². The Morgan fingerprint density at radius 3 is 3.00 bits per heavy atom. The highest BCUT2D eigenvalue weighted by molar-refractivity contribution is 7.07. The molecule has 0 aliphatic carbocycles. The summed E-state index contributed by atoms with van der Waals surface area (Å²) in [4.78, 5) is 15.9. The third kappa shape index (κ3) is 3.12. The third-order valence-corrected chi connectivity index (χ3v) is 4.96. The van der Waals surface area contributed by atoms with E-state index in [-0.39, 0.29) is 0 Å². The first kappa shape index (κ1) is 14.4. The molecular formula is C17H19N5S. The maximum absolute atomic E-state index is 4.64. The molecule has 4 heterocycles. The molecule has 3 aromatic heterocycles. The Labute approximate surface area is 139 Å². The second kappa shape index (κ2) is 6.50. The van der Waals surface area contributed by atoms with Gasteiger partial charge in [0.2, 0.25) is 0 Å². The minimum Gasteiger partial charge on any atom is -0.356 e. The van der Waals surface area contributed by atoms with Crippen molar-refractivity contribution in [3.63, 3.8) is 0 Å². The highest BCUT2D eigenvalue weighted by atomic mass is 32.1. The normalized spacial score (nSPS) is 18.3. The van der Waals surface area contributed by atoms with Gasteiger partial charge in [0.05, 0.1) is 17.7 Å². The summed E-state index contributed by atoms with van der Waals surface area (Å²) in [6.07, 6.45) is 8.18. The molecule has 23 heavy (non-hydrogen) atoms. The number of hydrogen-bond donors (Lipinski definition) is 0. The van der Waals surface area contributed by atoms with E-state index in [2.05, 4.69) is 48.1 Å². The molecule has 5 nitrogen and oxygen atoms in total. The van der Waals surface area contributed by atoms with E-state index >= 15 is 0 Å². The van der Waals surface area contributed by atoms with E-state index in [0.29, 0.717) is 5.92 Å². The minimum absolute atomic E-state index is 0.444. The van der Waals surface area contributed by atoms with E-state index in [1.54, 1.807) is 11.3 Å².